The number of hydrogen-bond acceptors (Lipinski definition) is 2. The van der Waals surface area contributed by atoms with Crippen molar-refractivity contribution in [3.05, 3.63) is 35.4 Å². The van der Waals surface area contributed by atoms with E-state index >= 15 is 0 Å². The molecular weight excluding hydrogens is 200 g/mol. The van der Waals surface area contributed by atoms with Crippen LogP contribution < -0.4 is 0 Å². The Morgan fingerprint density at radius 3 is 2.73 bits per heavy atom. The van der Waals surface area contributed by atoms with Gasteiger partial charge in [-0.2, -0.15) is 0 Å². The average molecular weight is 213 g/mol. The van der Waals surface area contributed by atoms with Crippen LogP contribution in [-0.4, -0.2) is 29.2 Å². The molecule has 0 amide bonds. The summed E-state index contributed by atoms with van der Waals surface area (Å²) in [5.41, 5.74) is 0.739. The van der Waals surface area contributed by atoms with Crippen molar-refractivity contribution in [1.82, 2.24) is 4.90 Å². The van der Waals surface area contributed by atoms with Gasteiger partial charge in [-0.3, -0.25) is 4.90 Å². The summed E-state index contributed by atoms with van der Waals surface area (Å²) >= 11 is 0. The Kier molecular flexibility index (Phi) is 2.98. The number of aliphatic hydroxyl groups excluding tert-OH is 1. The Balaban J connectivity index is 2.02. The lowest BCUT2D eigenvalue weighted by Crippen LogP contribution is -2.21. The fourth-order valence-corrected chi connectivity index (χ4v) is 1.85. The van der Waals surface area contributed by atoms with Crippen molar-refractivity contribution in [2.24, 2.45) is 0 Å². The van der Waals surface area contributed by atoms with Crippen molar-refractivity contribution >= 4 is 0 Å². The summed E-state index contributed by atoms with van der Waals surface area (Å²) in [6.07, 6.45) is 0.472. The highest BCUT2D eigenvalue weighted by molar-refractivity contribution is 5.17. The van der Waals surface area contributed by atoms with Gasteiger partial charge in [0.2, 0.25) is 0 Å². The van der Waals surface area contributed by atoms with E-state index in [4.69, 9.17) is 0 Å². The minimum Gasteiger partial charge on any atom is -0.392 e. The Labute approximate surface area is 87.1 Å². The Hall–Kier alpha value is -1.00. The van der Waals surface area contributed by atoms with Gasteiger partial charge in [0.05, 0.1) is 6.10 Å². The fraction of sp³-hybridized carbons (Fsp3) is 0.455. The molecule has 0 spiro atoms. The molecule has 1 aliphatic heterocycles. The second-order valence-electron chi connectivity index (χ2n) is 3.93. The molecule has 0 radical (unpaired) electrons. The molecular formula is C11H13F2NO. The molecule has 0 aromatic heterocycles. The van der Waals surface area contributed by atoms with Gasteiger partial charge in [0.25, 0.3) is 0 Å². The molecule has 15 heavy (non-hydrogen) atoms. The summed E-state index contributed by atoms with van der Waals surface area (Å²) in [7, 11) is 0. The zero-order chi connectivity index (χ0) is 10.8. The molecule has 1 atom stereocenters. The minimum atomic E-state index is -0.819. The smallest absolute Gasteiger partial charge is 0.159 e. The van der Waals surface area contributed by atoms with Crippen LogP contribution >= 0.6 is 0 Å². The highest BCUT2D eigenvalue weighted by Gasteiger charge is 2.20. The summed E-state index contributed by atoms with van der Waals surface area (Å²) < 4.78 is 25.5. The fourth-order valence-electron chi connectivity index (χ4n) is 1.85. The van der Waals surface area contributed by atoms with E-state index in [2.05, 4.69) is 0 Å². The first-order chi connectivity index (χ1) is 7.15. The van der Waals surface area contributed by atoms with Gasteiger partial charge in [-0.25, -0.2) is 8.78 Å². The number of halogens is 2. The zero-order valence-electron chi connectivity index (χ0n) is 8.29. The lowest BCUT2D eigenvalue weighted by Gasteiger charge is -2.14. The maximum atomic E-state index is 12.9. The molecule has 1 aromatic carbocycles. The molecule has 0 bridgehead atoms. The lowest BCUT2D eigenvalue weighted by atomic mass is 10.2. The molecule has 1 aliphatic rings. The first-order valence-corrected chi connectivity index (χ1v) is 4.99. The second kappa shape index (κ2) is 4.24. The maximum absolute atomic E-state index is 12.9. The lowest BCUT2D eigenvalue weighted by molar-refractivity contribution is 0.174. The van der Waals surface area contributed by atoms with Crippen molar-refractivity contribution in [2.45, 2.75) is 19.1 Å². The standard InChI is InChI=1S/C11H13F2NO/c12-10-2-1-8(5-11(10)13)6-14-4-3-9(15)7-14/h1-2,5,9,15H,3-4,6-7H2/t9-/m0/s1. The van der Waals surface area contributed by atoms with Gasteiger partial charge in [0, 0.05) is 19.6 Å². The van der Waals surface area contributed by atoms with E-state index < -0.39 is 11.6 Å². The summed E-state index contributed by atoms with van der Waals surface area (Å²) in [6, 6.07) is 3.92. The average Bonchev–Trinajstić information content (AvgIpc) is 2.58. The van der Waals surface area contributed by atoms with E-state index in [-0.39, 0.29) is 6.10 Å². The Morgan fingerprint density at radius 1 is 1.33 bits per heavy atom. The van der Waals surface area contributed by atoms with Crippen molar-refractivity contribution in [1.29, 1.82) is 0 Å². The molecule has 0 aliphatic carbocycles. The molecule has 0 unspecified atom stereocenters. The third-order valence-electron chi connectivity index (χ3n) is 2.64. The van der Waals surface area contributed by atoms with Crippen LogP contribution in [0.4, 0.5) is 8.78 Å². The van der Waals surface area contributed by atoms with Crippen LogP contribution in [0.5, 0.6) is 0 Å². The molecule has 1 saturated heterocycles. The molecule has 0 saturated carbocycles. The summed E-state index contributed by atoms with van der Waals surface area (Å²) in [5.74, 6) is -1.63. The van der Waals surface area contributed by atoms with Crippen molar-refractivity contribution < 1.29 is 13.9 Å². The van der Waals surface area contributed by atoms with E-state index in [1.54, 1.807) is 6.07 Å². The van der Waals surface area contributed by atoms with E-state index in [1.807, 2.05) is 4.90 Å². The molecule has 1 aromatic rings. The van der Waals surface area contributed by atoms with Crippen LogP contribution in [0, 0.1) is 11.6 Å². The van der Waals surface area contributed by atoms with Crippen molar-refractivity contribution in [3.8, 4) is 0 Å². The number of nitrogens with zero attached hydrogens (tertiary/aromatic N) is 1. The molecule has 1 heterocycles. The number of β-amino-alcohol motifs (C(OH)–C–C–N with tert-alkyl or cyclic N) is 1. The molecule has 1 fully saturated rings. The van der Waals surface area contributed by atoms with E-state index in [1.165, 1.54) is 6.07 Å². The van der Waals surface area contributed by atoms with Gasteiger partial charge in [-0.05, 0) is 24.1 Å². The van der Waals surface area contributed by atoms with E-state index in [9.17, 15) is 13.9 Å². The van der Waals surface area contributed by atoms with Gasteiger partial charge in [0.1, 0.15) is 0 Å². The van der Waals surface area contributed by atoms with Gasteiger partial charge in [-0.1, -0.05) is 6.07 Å². The summed E-state index contributed by atoms with van der Waals surface area (Å²) in [5, 5.41) is 9.30. The molecule has 82 valence electrons. The molecule has 1 N–H and O–H groups in total. The monoisotopic (exact) mass is 213 g/mol. The molecule has 2 nitrogen and oxygen atoms in total. The third kappa shape index (κ3) is 2.52. The molecule has 2 rings (SSSR count). The first-order valence-electron chi connectivity index (χ1n) is 4.99. The van der Waals surface area contributed by atoms with E-state index in [0.29, 0.717) is 13.1 Å². The number of likely N-dealkylation sites (tertiary alicyclic amines) is 1. The molecule has 4 heteroatoms. The number of aliphatic hydroxyl groups is 1. The topological polar surface area (TPSA) is 23.5 Å². The number of hydrogen-bond donors (Lipinski definition) is 1. The van der Waals surface area contributed by atoms with Crippen molar-refractivity contribution in [3.63, 3.8) is 0 Å². The number of benzene rings is 1. The highest BCUT2D eigenvalue weighted by atomic mass is 19.2. The van der Waals surface area contributed by atoms with Crippen LogP contribution in [0.2, 0.25) is 0 Å². The highest BCUT2D eigenvalue weighted by Crippen LogP contribution is 2.15. The van der Waals surface area contributed by atoms with Crippen LogP contribution in [0.15, 0.2) is 18.2 Å². The zero-order valence-corrected chi connectivity index (χ0v) is 8.29. The predicted octanol–water partition coefficient (Wildman–Crippen LogP) is 1.53. The quantitative estimate of drug-likeness (QED) is 0.805. The Bertz CT molecular complexity index is 356. The predicted molar refractivity (Wildman–Crippen MR) is 52.3 cm³/mol. The normalized spacial score (nSPS) is 22.2. The van der Waals surface area contributed by atoms with Gasteiger partial charge in [0.15, 0.2) is 11.6 Å². The van der Waals surface area contributed by atoms with Crippen molar-refractivity contribution in [2.75, 3.05) is 13.1 Å². The van der Waals surface area contributed by atoms with Gasteiger partial charge >= 0.3 is 0 Å². The second-order valence-corrected chi connectivity index (χ2v) is 3.93. The van der Waals surface area contributed by atoms with Crippen LogP contribution in [0.1, 0.15) is 12.0 Å². The summed E-state index contributed by atoms with van der Waals surface area (Å²) in [6.45, 7) is 1.98. The van der Waals surface area contributed by atoms with Gasteiger partial charge < -0.3 is 5.11 Å². The SMILES string of the molecule is O[C@H]1CCN(Cc2ccc(F)c(F)c2)C1. The van der Waals surface area contributed by atoms with Crippen LogP contribution in [-0.2, 0) is 6.54 Å². The largest absolute Gasteiger partial charge is 0.392 e. The van der Waals surface area contributed by atoms with Crippen LogP contribution in [0.25, 0.3) is 0 Å². The summed E-state index contributed by atoms with van der Waals surface area (Å²) in [4.78, 5) is 2.03. The van der Waals surface area contributed by atoms with E-state index in [0.717, 1.165) is 24.6 Å². The number of rotatable bonds is 2. The maximum Gasteiger partial charge on any atom is 0.159 e. The van der Waals surface area contributed by atoms with Gasteiger partial charge in [-0.15, -0.1) is 0 Å². The minimum absolute atomic E-state index is 0.282. The van der Waals surface area contributed by atoms with Crippen LogP contribution in [0.3, 0.4) is 0 Å². The Morgan fingerprint density at radius 2 is 2.13 bits per heavy atom. The third-order valence-corrected chi connectivity index (χ3v) is 2.64. The first kappa shape index (κ1) is 10.5.